The first-order chi connectivity index (χ1) is 13.6. The van der Waals surface area contributed by atoms with Crippen LogP contribution in [-0.2, 0) is 32.5 Å². The maximum Gasteiger partial charge on any atom is 0.338 e. The third-order valence-electron chi connectivity index (χ3n) is 4.63. The highest BCUT2D eigenvalue weighted by Crippen LogP contribution is 2.30. The van der Waals surface area contributed by atoms with Gasteiger partial charge in [0.2, 0.25) is 10.0 Å². The summed E-state index contributed by atoms with van der Waals surface area (Å²) >= 11 is 0. The van der Waals surface area contributed by atoms with Crippen molar-refractivity contribution in [2.24, 2.45) is 0 Å². The number of sulfonamides is 1. The average molecular weight is 420 g/mol. The standard InChI is InChI=1S/C20H21FN2O5S/c1-22(12-14-4-3-5-17(21)10-14)19(24)13-28-20(25)16-6-7-18-15(11-16)8-9-23(18)29(2,26)27/h3-7,10-11H,8-9,12-13H2,1-2H3. The molecule has 0 saturated carbocycles. The van der Waals surface area contributed by atoms with Crippen LogP contribution in [0, 0.1) is 5.82 Å². The van der Waals surface area contributed by atoms with Gasteiger partial charge >= 0.3 is 5.97 Å². The van der Waals surface area contributed by atoms with E-state index in [-0.39, 0.29) is 17.9 Å². The molecule has 154 valence electrons. The normalized spacial score (nSPS) is 13.1. The number of benzene rings is 2. The zero-order valence-electron chi connectivity index (χ0n) is 16.1. The number of hydrogen-bond donors (Lipinski definition) is 0. The Morgan fingerprint density at radius 3 is 2.66 bits per heavy atom. The van der Waals surface area contributed by atoms with Crippen molar-refractivity contribution >= 4 is 27.6 Å². The number of carbonyl (C=O) groups is 2. The summed E-state index contributed by atoms with van der Waals surface area (Å²) in [6.07, 6.45) is 1.63. The van der Waals surface area contributed by atoms with E-state index in [0.717, 1.165) is 11.8 Å². The molecule has 0 atom stereocenters. The molecule has 0 bridgehead atoms. The van der Waals surface area contributed by atoms with Gasteiger partial charge in [-0.15, -0.1) is 0 Å². The fourth-order valence-corrected chi connectivity index (χ4v) is 4.12. The number of amides is 1. The second-order valence-corrected chi connectivity index (χ2v) is 8.79. The summed E-state index contributed by atoms with van der Waals surface area (Å²) in [5.74, 6) is -1.48. The molecule has 1 aliphatic heterocycles. The van der Waals surface area contributed by atoms with Crippen LogP contribution in [-0.4, -0.2) is 51.6 Å². The number of esters is 1. The summed E-state index contributed by atoms with van der Waals surface area (Å²) in [7, 11) is -1.83. The smallest absolute Gasteiger partial charge is 0.338 e. The first-order valence-electron chi connectivity index (χ1n) is 8.91. The number of ether oxygens (including phenoxy) is 1. The van der Waals surface area contributed by atoms with Crippen molar-refractivity contribution < 1.29 is 27.1 Å². The average Bonchev–Trinajstić information content (AvgIpc) is 3.09. The van der Waals surface area contributed by atoms with Gasteiger partial charge in [-0.3, -0.25) is 9.10 Å². The Morgan fingerprint density at radius 2 is 1.97 bits per heavy atom. The van der Waals surface area contributed by atoms with Gasteiger partial charge < -0.3 is 9.64 Å². The van der Waals surface area contributed by atoms with Crippen LogP contribution >= 0.6 is 0 Å². The Hall–Kier alpha value is -2.94. The molecule has 1 amide bonds. The maximum atomic E-state index is 13.2. The van der Waals surface area contributed by atoms with E-state index in [2.05, 4.69) is 0 Å². The molecule has 3 rings (SSSR count). The van der Waals surface area contributed by atoms with Crippen LogP contribution < -0.4 is 4.31 Å². The summed E-state index contributed by atoms with van der Waals surface area (Å²) in [5, 5.41) is 0. The van der Waals surface area contributed by atoms with E-state index >= 15 is 0 Å². The lowest BCUT2D eigenvalue weighted by Gasteiger charge is -2.18. The lowest BCUT2D eigenvalue weighted by molar-refractivity contribution is -0.133. The molecule has 1 heterocycles. The van der Waals surface area contributed by atoms with Crippen LogP contribution in [0.25, 0.3) is 0 Å². The Labute approximate surface area is 168 Å². The molecule has 0 aromatic heterocycles. The van der Waals surface area contributed by atoms with Gasteiger partial charge in [0.25, 0.3) is 5.91 Å². The third-order valence-corrected chi connectivity index (χ3v) is 5.81. The van der Waals surface area contributed by atoms with Crippen LogP contribution in [0.5, 0.6) is 0 Å². The zero-order valence-corrected chi connectivity index (χ0v) is 16.9. The lowest BCUT2D eigenvalue weighted by atomic mass is 10.1. The maximum absolute atomic E-state index is 13.2. The number of rotatable bonds is 6. The first-order valence-corrected chi connectivity index (χ1v) is 10.8. The summed E-state index contributed by atoms with van der Waals surface area (Å²) < 4.78 is 43.2. The molecule has 0 unspecified atom stereocenters. The number of likely N-dealkylation sites (N-methyl/N-ethyl adjacent to an activating group) is 1. The summed E-state index contributed by atoms with van der Waals surface area (Å²) in [6, 6.07) is 10.5. The minimum absolute atomic E-state index is 0.189. The number of carbonyl (C=O) groups excluding carboxylic acids is 2. The van der Waals surface area contributed by atoms with Gasteiger partial charge in [-0.2, -0.15) is 0 Å². The van der Waals surface area contributed by atoms with Crippen molar-refractivity contribution in [2.75, 3.05) is 30.8 Å². The monoisotopic (exact) mass is 420 g/mol. The van der Waals surface area contributed by atoms with Crippen LogP contribution in [0.2, 0.25) is 0 Å². The largest absolute Gasteiger partial charge is 0.452 e. The van der Waals surface area contributed by atoms with Gasteiger partial charge in [0.05, 0.1) is 17.5 Å². The van der Waals surface area contributed by atoms with E-state index < -0.39 is 28.5 Å². The Balaban J connectivity index is 1.59. The SMILES string of the molecule is CN(Cc1cccc(F)c1)C(=O)COC(=O)c1ccc2c(c1)CCN2S(C)(=O)=O. The quantitative estimate of drug-likeness (QED) is 0.667. The minimum Gasteiger partial charge on any atom is -0.452 e. The molecule has 2 aromatic carbocycles. The van der Waals surface area contributed by atoms with Gasteiger partial charge in [0, 0.05) is 20.1 Å². The highest BCUT2D eigenvalue weighted by atomic mass is 32.2. The van der Waals surface area contributed by atoms with E-state index in [1.54, 1.807) is 24.3 Å². The van der Waals surface area contributed by atoms with Gasteiger partial charge in [-0.05, 0) is 47.9 Å². The topological polar surface area (TPSA) is 84.0 Å². The third kappa shape index (κ3) is 4.92. The molecule has 2 aromatic rings. The van der Waals surface area contributed by atoms with E-state index in [1.807, 2.05) is 0 Å². The zero-order chi connectivity index (χ0) is 21.2. The van der Waals surface area contributed by atoms with Crippen LogP contribution in [0.3, 0.4) is 0 Å². The van der Waals surface area contributed by atoms with Crippen molar-refractivity contribution in [3.8, 4) is 0 Å². The predicted molar refractivity (Wildman–Crippen MR) is 105 cm³/mol. The van der Waals surface area contributed by atoms with Crippen LogP contribution in [0.1, 0.15) is 21.5 Å². The number of halogens is 1. The molecule has 0 fully saturated rings. The molecular formula is C20H21FN2O5S. The van der Waals surface area contributed by atoms with E-state index in [4.69, 9.17) is 4.74 Å². The fraction of sp³-hybridized carbons (Fsp3) is 0.300. The predicted octanol–water partition coefficient (Wildman–Crippen LogP) is 1.96. The Kier molecular flexibility index (Phi) is 5.88. The van der Waals surface area contributed by atoms with Gasteiger partial charge in [-0.1, -0.05) is 12.1 Å². The number of nitrogens with zero attached hydrogens (tertiary/aromatic N) is 2. The van der Waals surface area contributed by atoms with Gasteiger partial charge in [-0.25, -0.2) is 17.6 Å². The van der Waals surface area contributed by atoms with Crippen LogP contribution in [0.15, 0.2) is 42.5 Å². The number of anilines is 1. The Morgan fingerprint density at radius 1 is 1.21 bits per heavy atom. The molecule has 0 saturated heterocycles. The molecule has 0 aliphatic carbocycles. The second-order valence-electron chi connectivity index (χ2n) is 6.88. The molecule has 0 N–H and O–H groups in total. The highest BCUT2D eigenvalue weighted by Gasteiger charge is 2.27. The lowest BCUT2D eigenvalue weighted by Crippen LogP contribution is -2.30. The second kappa shape index (κ2) is 8.20. The van der Waals surface area contributed by atoms with E-state index in [0.29, 0.717) is 24.2 Å². The summed E-state index contributed by atoms with van der Waals surface area (Å²) in [6.45, 7) is 0.0710. The number of fused-ring (bicyclic) bond motifs is 1. The molecule has 0 spiro atoms. The summed E-state index contributed by atoms with van der Waals surface area (Å²) in [5.41, 5.74) is 2.16. The molecular weight excluding hydrogens is 399 g/mol. The minimum atomic E-state index is -3.37. The molecule has 0 radical (unpaired) electrons. The van der Waals surface area contributed by atoms with Crippen molar-refractivity contribution in [1.82, 2.24) is 4.90 Å². The molecule has 1 aliphatic rings. The Bertz CT molecular complexity index is 1050. The number of hydrogen-bond acceptors (Lipinski definition) is 5. The van der Waals surface area contributed by atoms with Gasteiger partial charge in [0.1, 0.15) is 5.82 Å². The van der Waals surface area contributed by atoms with Crippen molar-refractivity contribution in [3.05, 3.63) is 65.0 Å². The molecule has 29 heavy (non-hydrogen) atoms. The van der Waals surface area contributed by atoms with Crippen molar-refractivity contribution in [3.63, 3.8) is 0 Å². The van der Waals surface area contributed by atoms with Crippen molar-refractivity contribution in [1.29, 1.82) is 0 Å². The highest BCUT2D eigenvalue weighted by molar-refractivity contribution is 7.92. The fourth-order valence-electron chi connectivity index (χ4n) is 3.16. The molecule has 9 heteroatoms. The van der Waals surface area contributed by atoms with E-state index in [1.165, 1.54) is 34.5 Å². The van der Waals surface area contributed by atoms with Gasteiger partial charge in [0.15, 0.2) is 6.61 Å². The van der Waals surface area contributed by atoms with Crippen molar-refractivity contribution in [2.45, 2.75) is 13.0 Å². The van der Waals surface area contributed by atoms with Crippen LogP contribution in [0.4, 0.5) is 10.1 Å². The first kappa shape index (κ1) is 20.8. The van der Waals surface area contributed by atoms with E-state index in [9.17, 15) is 22.4 Å². The molecule has 7 nitrogen and oxygen atoms in total. The summed E-state index contributed by atoms with van der Waals surface area (Å²) in [4.78, 5) is 25.8.